The highest BCUT2D eigenvalue weighted by Gasteiger charge is 2.31. The molecule has 5 heteroatoms. The largest absolute Gasteiger partial charge is 0.391 e. The minimum absolute atomic E-state index is 0.249. The molecule has 0 saturated heterocycles. The molecule has 1 aromatic rings. The van der Waals surface area contributed by atoms with E-state index in [1.807, 2.05) is 13.8 Å². The van der Waals surface area contributed by atoms with E-state index in [1.165, 1.54) is 12.1 Å². The Hall–Kier alpha value is -1.49. The lowest BCUT2D eigenvalue weighted by Gasteiger charge is -2.31. The Morgan fingerprint density at radius 3 is 2.37 bits per heavy atom. The molecule has 0 aliphatic heterocycles. The van der Waals surface area contributed by atoms with E-state index in [0.29, 0.717) is 18.4 Å². The van der Waals surface area contributed by atoms with Crippen molar-refractivity contribution in [3.8, 4) is 0 Å². The van der Waals surface area contributed by atoms with Gasteiger partial charge in [0.2, 0.25) is 0 Å². The first-order chi connectivity index (χ1) is 8.84. The normalized spacial score (nSPS) is 11.2. The summed E-state index contributed by atoms with van der Waals surface area (Å²) in [5.41, 5.74) is 5.98. The van der Waals surface area contributed by atoms with Crippen LogP contribution >= 0.6 is 12.2 Å². The van der Waals surface area contributed by atoms with Gasteiger partial charge in [-0.1, -0.05) is 26.1 Å². The molecule has 3 nitrogen and oxygen atoms in total. The number of nitrogens with one attached hydrogen (secondary N) is 1. The van der Waals surface area contributed by atoms with Crippen molar-refractivity contribution in [2.45, 2.75) is 39.2 Å². The molecule has 0 fully saturated rings. The van der Waals surface area contributed by atoms with Crippen LogP contribution in [-0.2, 0) is 0 Å². The Bertz CT molecular complexity index is 478. The van der Waals surface area contributed by atoms with Gasteiger partial charge in [-0.2, -0.15) is 0 Å². The average molecular weight is 282 g/mol. The molecule has 0 heterocycles. The molecule has 0 atom stereocenters. The summed E-state index contributed by atoms with van der Waals surface area (Å²) in [4.78, 5) is 12.4. The lowest BCUT2D eigenvalue weighted by atomic mass is 9.92. The SMILES string of the molecule is CCC(CC)(NC(=O)c1cc(C)cc(F)c1)C(N)=S. The fourth-order valence-corrected chi connectivity index (χ4v) is 2.33. The van der Waals surface area contributed by atoms with Crippen molar-refractivity contribution in [3.05, 3.63) is 35.1 Å². The number of hydrogen-bond acceptors (Lipinski definition) is 2. The predicted molar refractivity (Wildman–Crippen MR) is 78.7 cm³/mol. The topological polar surface area (TPSA) is 55.1 Å². The summed E-state index contributed by atoms with van der Waals surface area (Å²) in [6.07, 6.45) is 1.19. The molecule has 0 spiro atoms. The molecule has 3 N–H and O–H groups in total. The smallest absolute Gasteiger partial charge is 0.252 e. The van der Waals surface area contributed by atoms with E-state index in [2.05, 4.69) is 5.32 Å². The monoisotopic (exact) mass is 282 g/mol. The molecule has 0 unspecified atom stereocenters. The van der Waals surface area contributed by atoms with Crippen LogP contribution in [0.4, 0.5) is 4.39 Å². The number of hydrogen-bond donors (Lipinski definition) is 2. The Morgan fingerprint density at radius 1 is 1.37 bits per heavy atom. The third-order valence-corrected chi connectivity index (χ3v) is 3.73. The molecule has 0 aromatic heterocycles. The van der Waals surface area contributed by atoms with Crippen LogP contribution in [0.15, 0.2) is 18.2 Å². The molecular weight excluding hydrogens is 263 g/mol. The van der Waals surface area contributed by atoms with Crippen LogP contribution in [-0.4, -0.2) is 16.4 Å². The highest BCUT2D eigenvalue weighted by atomic mass is 32.1. The van der Waals surface area contributed by atoms with Gasteiger partial charge in [0, 0.05) is 5.56 Å². The van der Waals surface area contributed by atoms with Crippen molar-refractivity contribution in [1.29, 1.82) is 0 Å². The molecule has 0 radical (unpaired) electrons. The van der Waals surface area contributed by atoms with Crippen LogP contribution in [0.1, 0.15) is 42.6 Å². The van der Waals surface area contributed by atoms with Crippen molar-refractivity contribution in [3.63, 3.8) is 0 Å². The van der Waals surface area contributed by atoms with E-state index in [1.54, 1.807) is 13.0 Å². The summed E-state index contributed by atoms with van der Waals surface area (Å²) < 4.78 is 13.3. The highest BCUT2D eigenvalue weighted by molar-refractivity contribution is 7.80. The van der Waals surface area contributed by atoms with E-state index in [0.717, 1.165) is 0 Å². The van der Waals surface area contributed by atoms with Crippen LogP contribution in [0, 0.1) is 12.7 Å². The van der Waals surface area contributed by atoms with Gasteiger partial charge in [0.25, 0.3) is 5.91 Å². The number of rotatable bonds is 5. The van der Waals surface area contributed by atoms with Crippen molar-refractivity contribution in [1.82, 2.24) is 5.32 Å². The van der Waals surface area contributed by atoms with Gasteiger partial charge in [-0.25, -0.2) is 4.39 Å². The molecule has 19 heavy (non-hydrogen) atoms. The van der Waals surface area contributed by atoms with Gasteiger partial charge in [-0.3, -0.25) is 4.79 Å². The van der Waals surface area contributed by atoms with Crippen LogP contribution in [0.2, 0.25) is 0 Å². The summed E-state index contributed by atoms with van der Waals surface area (Å²) in [6, 6.07) is 4.21. The van der Waals surface area contributed by atoms with E-state index in [4.69, 9.17) is 18.0 Å². The maximum Gasteiger partial charge on any atom is 0.252 e. The number of aryl methyl sites for hydroxylation is 1. The standard InChI is InChI=1S/C14H19FN2OS/c1-4-14(5-2,13(16)19)17-12(18)10-6-9(3)7-11(15)8-10/h6-8H,4-5H2,1-3H3,(H2,16,19)(H,17,18). The lowest BCUT2D eigenvalue weighted by Crippen LogP contribution is -2.56. The lowest BCUT2D eigenvalue weighted by molar-refractivity contribution is 0.0919. The number of halogens is 1. The number of carbonyl (C=O) groups is 1. The van der Waals surface area contributed by atoms with Crippen LogP contribution in [0.25, 0.3) is 0 Å². The Balaban J connectivity index is 3.03. The van der Waals surface area contributed by atoms with Crippen molar-refractivity contribution >= 4 is 23.1 Å². The number of nitrogens with two attached hydrogens (primary N) is 1. The molecule has 0 aliphatic rings. The summed E-state index contributed by atoms with van der Waals surface area (Å²) in [6.45, 7) is 5.54. The van der Waals surface area contributed by atoms with Gasteiger partial charge in [0.05, 0.1) is 10.5 Å². The van der Waals surface area contributed by atoms with Gasteiger partial charge in [-0.05, 0) is 43.5 Å². The van der Waals surface area contributed by atoms with Gasteiger partial charge in [0.1, 0.15) is 5.82 Å². The summed E-state index contributed by atoms with van der Waals surface area (Å²) in [5, 5.41) is 2.83. The zero-order chi connectivity index (χ0) is 14.6. The van der Waals surface area contributed by atoms with Gasteiger partial charge in [0.15, 0.2) is 0 Å². The molecule has 1 amide bonds. The number of amides is 1. The summed E-state index contributed by atoms with van der Waals surface area (Å²) in [7, 11) is 0. The maximum absolute atomic E-state index is 13.3. The fraction of sp³-hybridized carbons (Fsp3) is 0.429. The van der Waals surface area contributed by atoms with E-state index >= 15 is 0 Å². The van der Waals surface area contributed by atoms with Crippen LogP contribution in [0.5, 0.6) is 0 Å². The number of thiocarbonyl (C=S) groups is 1. The first kappa shape index (κ1) is 15.6. The molecule has 104 valence electrons. The van der Waals surface area contributed by atoms with Gasteiger partial charge in [-0.15, -0.1) is 0 Å². The van der Waals surface area contributed by atoms with Crippen LogP contribution in [0.3, 0.4) is 0 Å². The van der Waals surface area contributed by atoms with Gasteiger partial charge >= 0.3 is 0 Å². The first-order valence-electron chi connectivity index (χ1n) is 6.24. The van der Waals surface area contributed by atoms with Crippen molar-refractivity contribution < 1.29 is 9.18 Å². The second-order valence-corrected chi connectivity index (χ2v) is 5.06. The minimum Gasteiger partial charge on any atom is -0.391 e. The quantitative estimate of drug-likeness (QED) is 0.816. The summed E-state index contributed by atoms with van der Waals surface area (Å²) >= 11 is 5.04. The Morgan fingerprint density at radius 2 is 1.95 bits per heavy atom. The molecule has 1 aromatic carbocycles. The highest BCUT2D eigenvalue weighted by Crippen LogP contribution is 2.17. The third-order valence-electron chi connectivity index (χ3n) is 3.34. The van der Waals surface area contributed by atoms with Gasteiger partial charge < -0.3 is 11.1 Å². The molecule has 0 bridgehead atoms. The van der Waals surface area contributed by atoms with Crippen LogP contribution < -0.4 is 11.1 Å². The van der Waals surface area contributed by atoms with Crippen molar-refractivity contribution in [2.75, 3.05) is 0 Å². The molecule has 1 rings (SSSR count). The van der Waals surface area contributed by atoms with Crippen molar-refractivity contribution in [2.24, 2.45) is 5.73 Å². The predicted octanol–water partition coefficient (Wildman–Crippen LogP) is 2.71. The summed E-state index contributed by atoms with van der Waals surface area (Å²) in [5.74, 6) is -0.793. The zero-order valence-corrected chi connectivity index (χ0v) is 12.2. The Kier molecular flexibility index (Phi) is 5.00. The number of carbonyl (C=O) groups excluding carboxylic acids is 1. The van der Waals surface area contributed by atoms with E-state index < -0.39 is 11.4 Å². The second kappa shape index (κ2) is 6.10. The maximum atomic E-state index is 13.3. The average Bonchev–Trinajstić information content (AvgIpc) is 2.34. The van der Waals surface area contributed by atoms with E-state index in [-0.39, 0.29) is 16.5 Å². The second-order valence-electron chi connectivity index (χ2n) is 4.62. The fourth-order valence-electron chi connectivity index (χ4n) is 1.99. The Labute approximate surface area is 118 Å². The molecular formula is C14H19FN2OS. The first-order valence-corrected chi connectivity index (χ1v) is 6.65. The zero-order valence-electron chi connectivity index (χ0n) is 11.4. The van der Waals surface area contributed by atoms with E-state index in [9.17, 15) is 9.18 Å². The molecule has 0 aliphatic carbocycles. The number of benzene rings is 1. The third kappa shape index (κ3) is 3.50. The molecule has 0 saturated carbocycles. The minimum atomic E-state index is -0.716.